The second kappa shape index (κ2) is 7.55. The number of phenolic OH excluding ortho intramolecular Hbond substituents is 2. The minimum absolute atomic E-state index is 0. The molecule has 0 radical (unpaired) electrons. The average molecular weight is 442 g/mol. The van der Waals surface area contributed by atoms with E-state index in [4.69, 9.17) is 0 Å². The Hall–Kier alpha value is -0.660. The van der Waals surface area contributed by atoms with Crippen molar-refractivity contribution in [3.05, 3.63) is 36.4 Å². The topological polar surface area (TPSA) is 149 Å². The first kappa shape index (κ1) is 23.6. The van der Waals surface area contributed by atoms with Crippen molar-refractivity contribution in [2.24, 2.45) is 0 Å². The Morgan fingerprint density at radius 1 is 0.607 bits per heavy atom. The smallest absolute Gasteiger partial charge is 1.00 e. The van der Waals surface area contributed by atoms with Crippen molar-refractivity contribution in [1.29, 1.82) is 0 Å². The molecule has 0 unspecified atom stereocenters. The van der Waals surface area contributed by atoms with Gasteiger partial charge in [-0.2, -0.15) is 16.8 Å². The minimum atomic E-state index is -4.83. The molecule has 0 saturated carbocycles. The van der Waals surface area contributed by atoms with E-state index >= 15 is 0 Å². The monoisotopic (exact) mass is 442 g/mol. The number of benzene rings is 4. The summed E-state index contributed by atoms with van der Waals surface area (Å²) in [6.45, 7) is 0. The van der Waals surface area contributed by atoms with Gasteiger partial charge in [-0.05, 0) is 18.2 Å². The van der Waals surface area contributed by atoms with Crippen LogP contribution in [0, 0.1) is 0 Å². The maximum atomic E-state index is 11.8. The van der Waals surface area contributed by atoms with Crippen molar-refractivity contribution < 1.29 is 98.1 Å². The molecule has 138 valence electrons. The van der Waals surface area contributed by atoms with Crippen LogP contribution in [-0.2, 0) is 20.2 Å². The maximum absolute atomic E-state index is 11.8. The molecule has 12 heteroatoms. The van der Waals surface area contributed by atoms with Crippen LogP contribution in [0.3, 0.4) is 0 Å². The van der Waals surface area contributed by atoms with E-state index in [1.165, 1.54) is 24.3 Å². The zero-order valence-electron chi connectivity index (χ0n) is 16.7. The first-order valence-corrected chi connectivity index (χ1v) is 9.99. The Morgan fingerprint density at radius 2 is 0.929 bits per heavy atom. The Kier molecular flexibility index (Phi) is 6.37. The van der Waals surface area contributed by atoms with Crippen LogP contribution in [0.15, 0.2) is 46.2 Å². The number of hydrogen-bond acceptors (Lipinski definition) is 6. The van der Waals surface area contributed by atoms with Gasteiger partial charge >= 0.3 is 59.1 Å². The van der Waals surface area contributed by atoms with E-state index in [0.717, 1.165) is 6.07 Å². The quantitative estimate of drug-likeness (QED) is 0.144. The van der Waals surface area contributed by atoms with Crippen molar-refractivity contribution in [2.75, 3.05) is 0 Å². The van der Waals surface area contributed by atoms with Crippen LogP contribution in [0.4, 0.5) is 0 Å². The Bertz CT molecular complexity index is 1350. The van der Waals surface area contributed by atoms with Crippen molar-refractivity contribution in [3.8, 4) is 11.5 Å². The van der Waals surface area contributed by atoms with Gasteiger partial charge < -0.3 is 13.1 Å². The van der Waals surface area contributed by atoms with Crippen molar-refractivity contribution >= 4 is 52.6 Å². The van der Waals surface area contributed by atoms with Gasteiger partial charge in [-0.25, -0.2) is 0 Å². The van der Waals surface area contributed by atoms with E-state index < -0.39 is 30.0 Å². The molecule has 4 aromatic carbocycles. The molecule has 8 nitrogen and oxygen atoms in total. The molecule has 0 fully saturated rings. The van der Waals surface area contributed by atoms with Gasteiger partial charge in [0.2, 0.25) is 0 Å². The van der Waals surface area contributed by atoms with Gasteiger partial charge in [-0.1, -0.05) is 12.1 Å². The second-order valence-corrected chi connectivity index (χ2v) is 8.59. The molecule has 4 aromatic rings. The zero-order valence-corrected chi connectivity index (χ0v) is 20.3. The first-order valence-electron chi connectivity index (χ1n) is 7.11. The van der Waals surface area contributed by atoms with Crippen LogP contribution in [0.2, 0.25) is 0 Å². The molecular weight excluding hydrogens is 430 g/mol. The summed E-state index contributed by atoms with van der Waals surface area (Å²) in [4.78, 5) is -1.43. The standard InChI is InChI=1S/C16H10O8S2.2Na.2H/c17-11-5-12(18)8-2-4-10-14(26(22,23)24)6-13(25(19,20)21)9-3-1-7(11)15(8)16(9)10;;;;/h1-6,17-18H,(H,19,20,21)(H,22,23,24);;;;/q;2*+1;2*-1. The van der Waals surface area contributed by atoms with Gasteiger partial charge in [0, 0.05) is 38.4 Å². The summed E-state index contributed by atoms with van der Waals surface area (Å²) in [5.74, 6) is -0.592. The molecule has 0 aromatic heterocycles. The zero-order chi connectivity index (χ0) is 19.0. The normalized spacial score (nSPS) is 12.2. The molecule has 0 aliphatic rings. The van der Waals surface area contributed by atoms with Gasteiger partial charge in [0.25, 0.3) is 20.2 Å². The Balaban J connectivity index is 0.00000210. The second-order valence-electron chi connectivity index (χ2n) is 5.81. The molecule has 4 N–H and O–H groups in total. The molecule has 0 aliphatic carbocycles. The molecule has 0 bridgehead atoms. The van der Waals surface area contributed by atoms with Crippen LogP contribution in [0.5, 0.6) is 11.5 Å². The number of phenols is 2. The minimum Gasteiger partial charge on any atom is -1.00 e. The molecule has 0 aliphatic heterocycles. The molecule has 0 spiro atoms. The first-order chi connectivity index (χ1) is 12.0. The van der Waals surface area contributed by atoms with Crippen LogP contribution in [-0.4, -0.2) is 36.2 Å². The molecule has 0 atom stereocenters. The fourth-order valence-corrected chi connectivity index (χ4v) is 4.82. The van der Waals surface area contributed by atoms with Gasteiger partial charge in [0.15, 0.2) is 0 Å². The van der Waals surface area contributed by atoms with E-state index in [2.05, 4.69) is 0 Å². The van der Waals surface area contributed by atoms with Gasteiger partial charge in [-0.15, -0.1) is 0 Å². The molecule has 28 heavy (non-hydrogen) atoms. The third-order valence-corrected chi connectivity index (χ3v) is 6.12. The van der Waals surface area contributed by atoms with Crippen molar-refractivity contribution in [1.82, 2.24) is 0 Å². The third-order valence-electron chi connectivity index (χ3n) is 4.33. The SMILES string of the molecule is O=S(=O)(O)c1cc(S(=O)(=O)O)c2ccc3c(O)cc(O)c4ccc1c2c43.[H-].[H-].[Na+].[Na+]. The van der Waals surface area contributed by atoms with Crippen LogP contribution in [0.25, 0.3) is 32.3 Å². The van der Waals surface area contributed by atoms with Crippen LogP contribution >= 0.6 is 0 Å². The van der Waals surface area contributed by atoms with E-state index in [1.54, 1.807) is 0 Å². The maximum Gasteiger partial charge on any atom is 1.00 e. The summed E-state index contributed by atoms with van der Waals surface area (Å²) in [5, 5.41) is 20.9. The largest absolute Gasteiger partial charge is 1.00 e. The fourth-order valence-electron chi connectivity index (χ4n) is 3.32. The fraction of sp³-hybridized carbons (Fsp3) is 0. The predicted molar refractivity (Wildman–Crippen MR) is 95.3 cm³/mol. The average Bonchev–Trinajstić information content (AvgIpc) is 2.52. The van der Waals surface area contributed by atoms with Crippen molar-refractivity contribution in [2.45, 2.75) is 9.79 Å². The summed E-state index contributed by atoms with van der Waals surface area (Å²) in [6, 6.07) is 7.16. The summed E-state index contributed by atoms with van der Waals surface area (Å²) >= 11 is 0. The van der Waals surface area contributed by atoms with Crippen molar-refractivity contribution in [3.63, 3.8) is 0 Å². The van der Waals surface area contributed by atoms with Gasteiger partial charge in [0.1, 0.15) is 21.3 Å². The Labute approximate surface area is 206 Å². The predicted octanol–water partition coefficient (Wildman–Crippen LogP) is -3.28. The van der Waals surface area contributed by atoms with E-state index in [-0.39, 0.29) is 106 Å². The summed E-state index contributed by atoms with van der Waals surface area (Å²) < 4.78 is 66.1. The van der Waals surface area contributed by atoms with E-state index in [0.29, 0.717) is 6.07 Å². The summed E-state index contributed by atoms with van der Waals surface area (Å²) in [6.07, 6.45) is 0. The van der Waals surface area contributed by atoms with Crippen LogP contribution in [0.1, 0.15) is 2.85 Å². The van der Waals surface area contributed by atoms with Crippen LogP contribution < -0.4 is 59.1 Å². The third kappa shape index (κ3) is 3.52. The summed E-state index contributed by atoms with van der Waals surface area (Å²) in [5.41, 5.74) is 0. The molecule has 0 amide bonds. The Morgan fingerprint density at radius 3 is 1.29 bits per heavy atom. The van der Waals surface area contributed by atoms with Gasteiger partial charge in [-0.3, -0.25) is 9.11 Å². The van der Waals surface area contributed by atoms with E-state index in [9.17, 15) is 36.2 Å². The molecule has 0 heterocycles. The molecule has 0 saturated heterocycles. The van der Waals surface area contributed by atoms with Gasteiger partial charge in [0.05, 0.1) is 0 Å². The molecule has 4 rings (SSSR count). The summed E-state index contributed by atoms with van der Waals surface area (Å²) in [7, 11) is -9.66. The molecular formula is C16H12Na2O8S2. The van der Waals surface area contributed by atoms with E-state index in [1.807, 2.05) is 0 Å². The number of rotatable bonds is 2. The number of aromatic hydroxyl groups is 2. The number of hydrogen-bond donors (Lipinski definition) is 4.